The van der Waals surface area contributed by atoms with Crippen LogP contribution in [-0.2, 0) is 20.5 Å². The Balaban J connectivity index is 2.19. The van der Waals surface area contributed by atoms with Gasteiger partial charge in [0.15, 0.2) is 8.32 Å². The van der Waals surface area contributed by atoms with Gasteiger partial charge in [-0.05, 0) is 23.7 Å². The number of aliphatic hydroxyl groups is 2. The minimum Gasteiger partial charge on any atom is -0.411 e. The number of ether oxygens (including phenoxy) is 2. The highest BCUT2D eigenvalue weighted by molar-refractivity contribution is 14.1. The molecular formula is C21H35IO5Si. The fourth-order valence-corrected chi connectivity index (χ4v) is 5.02. The van der Waals surface area contributed by atoms with Crippen LogP contribution in [0.25, 0.3) is 0 Å². The summed E-state index contributed by atoms with van der Waals surface area (Å²) in [7, 11) is -2.01. The first-order valence-corrected chi connectivity index (χ1v) is 14.4. The average molecular weight is 522 g/mol. The SMILES string of the molecule is CC(C)(C)[Si](C)(C)O[C@@H]1C[C@H](CI)O[C@@H]1[C@H](OCc1ccccc1)[C@@H](O)CO. The summed E-state index contributed by atoms with van der Waals surface area (Å²) < 4.78 is 19.9. The fourth-order valence-electron chi connectivity index (χ4n) is 3.11. The van der Waals surface area contributed by atoms with E-state index in [1.807, 2.05) is 30.3 Å². The van der Waals surface area contributed by atoms with Gasteiger partial charge in [0.2, 0.25) is 0 Å². The van der Waals surface area contributed by atoms with Crippen molar-refractivity contribution < 1.29 is 24.1 Å². The maximum absolute atomic E-state index is 10.5. The van der Waals surface area contributed by atoms with Crippen molar-refractivity contribution in [2.24, 2.45) is 0 Å². The molecule has 0 radical (unpaired) electrons. The van der Waals surface area contributed by atoms with E-state index in [9.17, 15) is 10.2 Å². The van der Waals surface area contributed by atoms with Crippen molar-refractivity contribution in [3.63, 3.8) is 0 Å². The van der Waals surface area contributed by atoms with Gasteiger partial charge >= 0.3 is 0 Å². The Morgan fingerprint density at radius 2 is 1.89 bits per heavy atom. The van der Waals surface area contributed by atoms with Crippen LogP contribution in [0.4, 0.5) is 0 Å². The highest BCUT2D eigenvalue weighted by atomic mass is 127. The summed E-state index contributed by atoms with van der Waals surface area (Å²) in [6.07, 6.45) is -1.37. The first kappa shape index (κ1) is 24.2. The van der Waals surface area contributed by atoms with E-state index in [1.54, 1.807) is 0 Å². The van der Waals surface area contributed by atoms with Crippen LogP contribution < -0.4 is 0 Å². The van der Waals surface area contributed by atoms with E-state index >= 15 is 0 Å². The molecule has 0 unspecified atom stereocenters. The molecule has 0 amide bonds. The molecule has 2 rings (SSSR count). The summed E-state index contributed by atoms with van der Waals surface area (Å²) in [5.74, 6) is 0. The number of halogens is 1. The number of benzene rings is 1. The molecule has 0 aliphatic carbocycles. The van der Waals surface area contributed by atoms with Crippen molar-refractivity contribution in [2.75, 3.05) is 11.0 Å². The molecule has 0 aromatic heterocycles. The van der Waals surface area contributed by atoms with Gasteiger partial charge in [0.1, 0.15) is 18.3 Å². The van der Waals surface area contributed by atoms with Crippen LogP contribution in [-0.4, -0.2) is 60.1 Å². The first-order valence-electron chi connectivity index (χ1n) is 9.92. The second-order valence-electron chi connectivity index (χ2n) is 9.04. The minimum absolute atomic E-state index is 0.0640. The molecule has 1 fully saturated rings. The van der Waals surface area contributed by atoms with Crippen molar-refractivity contribution in [3.05, 3.63) is 35.9 Å². The van der Waals surface area contributed by atoms with Crippen molar-refractivity contribution in [3.8, 4) is 0 Å². The summed E-state index contributed by atoms with van der Waals surface area (Å²) in [6.45, 7) is 11.1. The Kier molecular flexibility index (Phi) is 8.94. The van der Waals surface area contributed by atoms with Gasteiger partial charge in [-0.1, -0.05) is 73.7 Å². The molecule has 1 aliphatic heterocycles. The lowest BCUT2D eigenvalue weighted by Crippen LogP contribution is -2.51. The fraction of sp³-hybridized carbons (Fsp3) is 0.714. The molecule has 2 N–H and O–H groups in total. The van der Waals surface area contributed by atoms with Gasteiger partial charge in [0, 0.05) is 10.8 Å². The van der Waals surface area contributed by atoms with Crippen LogP contribution in [0.2, 0.25) is 18.1 Å². The monoisotopic (exact) mass is 522 g/mol. The van der Waals surface area contributed by atoms with Crippen LogP contribution in [0.15, 0.2) is 30.3 Å². The molecule has 0 saturated carbocycles. The number of hydrogen-bond donors (Lipinski definition) is 2. The van der Waals surface area contributed by atoms with Crippen LogP contribution in [0.1, 0.15) is 32.8 Å². The molecule has 160 valence electrons. The van der Waals surface area contributed by atoms with E-state index in [0.29, 0.717) is 6.61 Å². The quantitative estimate of drug-likeness (QED) is 0.293. The lowest BCUT2D eigenvalue weighted by Gasteiger charge is -2.40. The first-order chi connectivity index (χ1) is 13.1. The Hall–Kier alpha value is -0.0331. The van der Waals surface area contributed by atoms with Gasteiger partial charge in [0.25, 0.3) is 0 Å². The van der Waals surface area contributed by atoms with Gasteiger partial charge in [-0.2, -0.15) is 0 Å². The standard InChI is InChI=1S/C21H35IO5Si/c1-21(2,3)28(4,5)27-18-11-16(12-22)26-20(18)19(17(24)13-23)25-14-15-9-7-6-8-10-15/h6-10,16-20,23-24H,11-14H2,1-5H3/t16-,17+,18-,19-,20+/m1/s1. The Morgan fingerprint density at radius 1 is 1.25 bits per heavy atom. The van der Waals surface area contributed by atoms with Crippen LogP contribution in [0.3, 0.4) is 0 Å². The third-order valence-electron chi connectivity index (χ3n) is 5.81. The molecule has 1 aliphatic rings. The van der Waals surface area contributed by atoms with Gasteiger partial charge in [-0.3, -0.25) is 0 Å². The number of alkyl halides is 1. The summed E-state index contributed by atoms with van der Waals surface area (Å²) >= 11 is 2.32. The van der Waals surface area contributed by atoms with E-state index in [4.69, 9.17) is 13.9 Å². The summed E-state index contributed by atoms with van der Waals surface area (Å²) in [5, 5.41) is 20.2. The smallest absolute Gasteiger partial charge is 0.192 e. The Morgan fingerprint density at radius 3 is 2.43 bits per heavy atom. The Labute approximate surface area is 184 Å². The molecule has 1 heterocycles. The molecule has 7 heteroatoms. The topological polar surface area (TPSA) is 68.2 Å². The maximum Gasteiger partial charge on any atom is 0.192 e. The minimum atomic E-state index is -2.01. The molecule has 0 bridgehead atoms. The predicted molar refractivity (Wildman–Crippen MR) is 122 cm³/mol. The van der Waals surface area contributed by atoms with E-state index in [2.05, 4.69) is 56.5 Å². The lowest BCUT2D eigenvalue weighted by atomic mass is 10.0. The van der Waals surface area contributed by atoms with E-state index in [-0.39, 0.29) is 23.9 Å². The molecule has 5 nitrogen and oxygen atoms in total. The zero-order valence-corrected chi connectivity index (χ0v) is 20.8. The summed E-state index contributed by atoms with van der Waals surface area (Å²) in [6, 6.07) is 9.83. The largest absolute Gasteiger partial charge is 0.411 e. The zero-order chi connectivity index (χ0) is 20.9. The maximum atomic E-state index is 10.5. The third-order valence-corrected chi connectivity index (χ3v) is 11.3. The van der Waals surface area contributed by atoms with E-state index in [0.717, 1.165) is 16.4 Å². The van der Waals surface area contributed by atoms with Crippen molar-refractivity contribution >= 4 is 30.9 Å². The summed E-state index contributed by atoms with van der Waals surface area (Å²) in [4.78, 5) is 0. The Bertz CT molecular complexity index is 592. The van der Waals surface area contributed by atoms with Gasteiger partial charge in [-0.15, -0.1) is 0 Å². The lowest BCUT2D eigenvalue weighted by molar-refractivity contribution is -0.146. The second kappa shape index (κ2) is 10.3. The zero-order valence-electron chi connectivity index (χ0n) is 17.6. The van der Waals surface area contributed by atoms with Crippen molar-refractivity contribution in [2.45, 2.75) is 82.5 Å². The molecule has 1 aromatic carbocycles. The van der Waals surface area contributed by atoms with Crippen LogP contribution in [0, 0.1) is 0 Å². The third kappa shape index (κ3) is 6.23. The number of aliphatic hydroxyl groups excluding tert-OH is 2. The van der Waals surface area contributed by atoms with Gasteiger partial charge < -0.3 is 24.1 Å². The highest BCUT2D eigenvalue weighted by Crippen LogP contribution is 2.40. The number of hydrogen-bond acceptors (Lipinski definition) is 5. The highest BCUT2D eigenvalue weighted by Gasteiger charge is 2.48. The van der Waals surface area contributed by atoms with Crippen LogP contribution >= 0.6 is 22.6 Å². The molecular weight excluding hydrogens is 487 g/mol. The van der Waals surface area contributed by atoms with Crippen LogP contribution in [0.5, 0.6) is 0 Å². The summed E-state index contributed by atoms with van der Waals surface area (Å²) in [5.41, 5.74) is 1.02. The molecule has 1 saturated heterocycles. The van der Waals surface area contributed by atoms with Crippen molar-refractivity contribution in [1.29, 1.82) is 0 Å². The average Bonchev–Trinajstić information content (AvgIpc) is 3.03. The van der Waals surface area contributed by atoms with E-state index in [1.165, 1.54) is 0 Å². The van der Waals surface area contributed by atoms with E-state index < -0.39 is 26.6 Å². The predicted octanol–water partition coefficient (Wildman–Crippen LogP) is 3.91. The van der Waals surface area contributed by atoms with Gasteiger partial charge in [-0.25, -0.2) is 0 Å². The molecule has 0 spiro atoms. The number of rotatable bonds is 9. The van der Waals surface area contributed by atoms with Crippen molar-refractivity contribution in [1.82, 2.24) is 0 Å². The van der Waals surface area contributed by atoms with Gasteiger partial charge in [0.05, 0.1) is 25.4 Å². The molecule has 5 atom stereocenters. The normalized spacial score (nSPS) is 25.6. The second-order valence-corrected chi connectivity index (χ2v) is 14.7. The molecule has 28 heavy (non-hydrogen) atoms. The molecule has 1 aromatic rings.